The number of thioether (sulfide) groups is 1. The zero-order valence-electron chi connectivity index (χ0n) is 13.6. The lowest BCUT2D eigenvalue weighted by molar-refractivity contribution is 0.102. The fraction of sp³-hybridized carbons (Fsp3) is 0.167. The molecule has 1 aromatic carbocycles. The zero-order chi connectivity index (χ0) is 17.8. The molecule has 0 aliphatic rings. The number of allylic oxidation sites excluding steroid dienone is 1. The summed E-state index contributed by atoms with van der Waals surface area (Å²) in [6.45, 7) is 6.36. The summed E-state index contributed by atoms with van der Waals surface area (Å²) in [6, 6.07) is 11.3. The van der Waals surface area contributed by atoms with Gasteiger partial charge < -0.3 is 0 Å². The molecule has 0 aliphatic heterocycles. The summed E-state index contributed by atoms with van der Waals surface area (Å²) >= 11 is 8.86. The van der Waals surface area contributed by atoms with Crippen molar-refractivity contribution < 1.29 is 4.79 Å². The van der Waals surface area contributed by atoms with Crippen molar-refractivity contribution >= 4 is 40.5 Å². The van der Waals surface area contributed by atoms with E-state index in [4.69, 9.17) is 11.6 Å². The van der Waals surface area contributed by atoms with Crippen molar-refractivity contribution in [2.24, 2.45) is 0 Å². The molecular formula is C18H16ClN3OS2. The molecule has 0 amide bonds. The number of nitrogens with zero attached hydrogens (tertiary/aromatic N) is 3. The van der Waals surface area contributed by atoms with Crippen LogP contribution in [0.2, 0.25) is 5.02 Å². The van der Waals surface area contributed by atoms with E-state index in [0.717, 1.165) is 21.1 Å². The van der Waals surface area contributed by atoms with E-state index in [2.05, 4.69) is 16.8 Å². The van der Waals surface area contributed by atoms with E-state index in [1.807, 2.05) is 47.9 Å². The Labute approximate surface area is 159 Å². The molecule has 2 aromatic heterocycles. The van der Waals surface area contributed by atoms with Crippen molar-refractivity contribution in [1.82, 2.24) is 14.8 Å². The monoisotopic (exact) mass is 389 g/mol. The van der Waals surface area contributed by atoms with Gasteiger partial charge in [-0.1, -0.05) is 29.4 Å². The van der Waals surface area contributed by atoms with E-state index >= 15 is 0 Å². The van der Waals surface area contributed by atoms with Gasteiger partial charge in [0.15, 0.2) is 16.8 Å². The maximum absolute atomic E-state index is 12.3. The van der Waals surface area contributed by atoms with Gasteiger partial charge in [-0.2, -0.15) is 0 Å². The first kappa shape index (κ1) is 17.9. The van der Waals surface area contributed by atoms with Crippen molar-refractivity contribution in [3.8, 4) is 11.4 Å². The van der Waals surface area contributed by atoms with Crippen LogP contribution in [-0.4, -0.2) is 26.3 Å². The van der Waals surface area contributed by atoms with Crippen LogP contribution in [0.15, 0.2) is 54.2 Å². The Morgan fingerprint density at radius 1 is 1.28 bits per heavy atom. The highest BCUT2D eigenvalue weighted by atomic mass is 35.5. The molecule has 0 unspecified atom stereocenters. The first-order valence-electron chi connectivity index (χ1n) is 7.61. The van der Waals surface area contributed by atoms with E-state index in [1.54, 1.807) is 6.08 Å². The number of ketones is 1. The highest BCUT2D eigenvalue weighted by Gasteiger charge is 2.16. The number of thiophene rings is 1. The minimum atomic E-state index is 0.101. The van der Waals surface area contributed by atoms with Gasteiger partial charge in [0.2, 0.25) is 0 Å². The van der Waals surface area contributed by atoms with Crippen LogP contribution in [0.4, 0.5) is 0 Å². The van der Waals surface area contributed by atoms with Gasteiger partial charge in [-0.25, -0.2) is 0 Å². The molecule has 0 saturated carbocycles. The van der Waals surface area contributed by atoms with Gasteiger partial charge in [0.25, 0.3) is 0 Å². The molecular weight excluding hydrogens is 374 g/mol. The lowest BCUT2D eigenvalue weighted by Crippen LogP contribution is -2.04. The van der Waals surface area contributed by atoms with E-state index in [1.165, 1.54) is 23.1 Å². The van der Waals surface area contributed by atoms with E-state index in [-0.39, 0.29) is 5.78 Å². The van der Waals surface area contributed by atoms with Crippen LogP contribution in [0.25, 0.3) is 11.4 Å². The highest BCUT2D eigenvalue weighted by molar-refractivity contribution is 7.99. The summed E-state index contributed by atoms with van der Waals surface area (Å²) in [5.41, 5.74) is 0.922. The lowest BCUT2D eigenvalue weighted by Gasteiger charge is -2.07. The minimum Gasteiger partial charge on any atom is -0.298 e. The third-order valence-electron chi connectivity index (χ3n) is 3.48. The smallest absolute Gasteiger partial charge is 0.192 e. The highest BCUT2D eigenvalue weighted by Crippen LogP contribution is 2.26. The Bertz CT molecular complexity index is 899. The number of rotatable bonds is 7. The normalized spacial score (nSPS) is 10.8. The molecule has 4 nitrogen and oxygen atoms in total. The number of hydrogen-bond acceptors (Lipinski definition) is 5. The van der Waals surface area contributed by atoms with Crippen LogP contribution in [0.5, 0.6) is 0 Å². The average Bonchev–Trinajstić information content (AvgIpc) is 3.21. The van der Waals surface area contributed by atoms with Crippen molar-refractivity contribution in [3.05, 3.63) is 63.8 Å². The van der Waals surface area contributed by atoms with Gasteiger partial charge in [-0.3, -0.25) is 9.36 Å². The van der Waals surface area contributed by atoms with Crippen LogP contribution in [-0.2, 0) is 6.54 Å². The molecule has 7 heteroatoms. The van der Waals surface area contributed by atoms with Gasteiger partial charge in [-0.05, 0) is 43.3 Å². The fourth-order valence-electron chi connectivity index (χ4n) is 2.29. The van der Waals surface area contributed by atoms with Crippen LogP contribution in [0.3, 0.4) is 0 Å². The Hall–Kier alpha value is -1.89. The molecule has 25 heavy (non-hydrogen) atoms. The minimum absolute atomic E-state index is 0.101. The maximum atomic E-state index is 12.3. The van der Waals surface area contributed by atoms with Crippen molar-refractivity contribution in [2.75, 3.05) is 5.75 Å². The molecule has 2 heterocycles. The first-order chi connectivity index (χ1) is 12.1. The summed E-state index contributed by atoms with van der Waals surface area (Å²) in [7, 11) is 0. The quantitative estimate of drug-likeness (QED) is 0.319. The maximum Gasteiger partial charge on any atom is 0.192 e. The molecule has 3 rings (SSSR count). The second kappa shape index (κ2) is 7.99. The third-order valence-corrected chi connectivity index (χ3v) is 5.74. The number of aryl methyl sites for hydroxylation is 1. The predicted octanol–water partition coefficient (Wildman–Crippen LogP) is 5.13. The number of hydrogen-bond donors (Lipinski definition) is 0. The molecule has 0 bridgehead atoms. The van der Waals surface area contributed by atoms with Crippen LogP contribution in [0, 0.1) is 6.92 Å². The second-order valence-electron chi connectivity index (χ2n) is 5.33. The van der Waals surface area contributed by atoms with E-state index in [0.29, 0.717) is 22.5 Å². The number of Topliss-reactive ketones (excluding diaryl/α,β-unsaturated/α-hetero) is 1. The van der Waals surface area contributed by atoms with Crippen molar-refractivity contribution in [2.45, 2.75) is 18.6 Å². The zero-order valence-corrected chi connectivity index (χ0v) is 16.0. The fourth-order valence-corrected chi connectivity index (χ4v) is 4.14. The molecule has 0 N–H and O–H groups in total. The summed E-state index contributed by atoms with van der Waals surface area (Å²) in [5, 5.41) is 9.90. The van der Waals surface area contributed by atoms with Gasteiger partial charge in [0, 0.05) is 22.0 Å². The Morgan fingerprint density at radius 2 is 2.04 bits per heavy atom. The van der Waals surface area contributed by atoms with Crippen molar-refractivity contribution in [3.63, 3.8) is 0 Å². The first-order valence-corrected chi connectivity index (χ1v) is 9.79. The SMILES string of the molecule is C=CCn1c(SCC(=O)c2ccc(C)s2)nnc1-c1ccc(Cl)cc1. The molecule has 0 fully saturated rings. The largest absolute Gasteiger partial charge is 0.298 e. The Kier molecular flexibility index (Phi) is 5.73. The van der Waals surface area contributed by atoms with E-state index < -0.39 is 0 Å². The molecule has 0 aliphatic carbocycles. The topological polar surface area (TPSA) is 47.8 Å². The lowest BCUT2D eigenvalue weighted by atomic mass is 10.2. The summed E-state index contributed by atoms with van der Waals surface area (Å²) < 4.78 is 1.95. The number of carbonyl (C=O) groups excluding carboxylic acids is 1. The van der Waals surface area contributed by atoms with E-state index in [9.17, 15) is 4.79 Å². The van der Waals surface area contributed by atoms with Gasteiger partial charge in [0.1, 0.15) is 0 Å². The van der Waals surface area contributed by atoms with Crippen LogP contribution >= 0.6 is 34.7 Å². The van der Waals surface area contributed by atoms with Crippen LogP contribution < -0.4 is 0 Å². The summed E-state index contributed by atoms with van der Waals surface area (Å²) in [5.74, 6) is 1.17. The average molecular weight is 390 g/mol. The van der Waals surface area contributed by atoms with Crippen LogP contribution in [0.1, 0.15) is 14.5 Å². The molecule has 0 radical (unpaired) electrons. The third kappa shape index (κ3) is 4.21. The predicted molar refractivity (Wildman–Crippen MR) is 105 cm³/mol. The summed E-state index contributed by atoms with van der Waals surface area (Å²) in [4.78, 5) is 14.2. The Balaban J connectivity index is 1.80. The Morgan fingerprint density at radius 3 is 2.68 bits per heavy atom. The molecule has 3 aromatic rings. The summed E-state index contributed by atoms with van der Waals surface area (Å²) in [6.07, 6.45) is 1.79. The number of benzene rings is 1. The molecule has 0 spiro atoms. The number of aromatic nitrogens is 3. The molecule has 0 saturated heterocycles. The number of carbonyl (C=O) groups is 1. The van der Waals surface area contributed by atoms with Crippen molar-refractivity contribution in [1.29, 1.82) is 0 Å². The van der Waals surface area contributed by atoms with Gasteiger partial charge in [0.05, 0.1) is 10.6 Å². The second-order valence-corrected chi connectivity index (χ2v) is 8.00. The molecule has 128 valence electrons. The standard InChI is InChI=1S/C18H16ClN3OS2/c1-3-10-22-17(13-5-7-14(19)8-6-13)20-21-18(22)24-11-15(23)16-9-4-12(2)25-16/h3-9H,1,10-11H2,2H3. The van der Waals surface area contributed by atoms with Gasteiger partial charge >= 0.3 is 0 Å². The molecule has 0 atom stereocenters. The van der Waals surface area contributed by atoms with Gasteiger partial charge in [-0.15, -0.1) is 28.1 Å². The number of halogens is 1.